The number of hydrogen-bond donors (Lipinski definition) is 0. The van der Waals surface area contributed by atoms with Crippen LogP contribution in [0.2, 0.25) is 0 Å². The maximum Gasteiger partial charge on any atom is 0.261 e. The summed E-state index contributed by atoms with van der Waals surface area (Å²) in [5.74, 6) is 0.0892. The summed E-state index contributed by atoms with van der Waals surface area (Å²) in [7, 11) is 0. The zero-order valence-electron chi connectivity index (χ0n) is 18.3. The normalized spacial score (nSPS) is 10.8. The van der Waals surface area contributed by atoms with Gasteiger partial charge in [-0.15, -0.1) is 0 Å². The summed E-state index contributed by atoms with van der Waals surface area (Å²) in [4.78, 5) is 31.3. The molecule has 0 saturated carbocycles. The van der Waals surface area contributed by atoms with Gasteiger partial charge in [0.25, 0.3) is 5.56 Å². The summed E-state index contributed by atoms with van der Waals surface area (Å²) in [6.45, 7) is 3.15. The predicted octanol–water partition coefficient (Wildman–Crippen LogP) is 4.16. The molecule has 0 N–H and O–H groups in total. The van der Waals surface area contributed by atoms with Crippen LogP contribution in [0.5, 0.6) is 5.75 Å². The molecular formula is C26H24FN3O3. The number of amides is 1. The van der Waals surface area contributed by atoms with E-state index in [1.165, 1.54) is 29.1 Å². The van der Waals surface area contributed by atoms with E-state index >= 15 is 0 Å². The van der Waals surface area contributed by atoms with Crippen molar-refractivity contribution in [3.05, 3.63) is 106 Å². The maximum atomic E-state index is 13.4. The zero-order valence-corrected chi connectivity index (χ0v) is 18.3. The van der Waals surface area contributed by atoms with Gasteiger partial charge in [0, 0.05) is 19.2 Å². The van der Waals surface area contributed by atoms with E-state index in [9.17, 15) is 14.0 Å². The molecule has 3 aromatic carbocycles. The molecule has 33 heavy (non-hydrogen) atoms. The Morgan fingerprint density at radius 3 is 2.52 bits per heavy atom. The van der Waals surface area contributed by atoms with Gasteiger partial charge in [0.2, 0.25) is 5.91 Å². The second-order valence-corrected chi connectivity index (χ2v) is 7.67. The first-order chi connectivity index (χ1) is 16.0. The largest absolute Gasteiger partial charge is 0.489 e. The highest BCUT2D eigenvalue weighted by molar-refractivity contribution is 5.79. The van der Waals surface area contributed by atoms with Gasteiger partial charge in [-0.25, -0.2) is 9.37 Å². The fourth-order valence-electron chi connectivity index (χ4n) is 3.52. The van der Waals surface area contributed by atoms with E-state index in [2.05, 4.69) is 4.98 Å². The fraction of sp³-hybridized carbons (Fsp3) is 0.192. The summed E-state index contributed by atoms with van der Waals surface area (Å²) in [5, 5.41) is 0.279. The molecule has 0 fully saturated rings. The third kappa shape index (κ3) is 5.44. The lowest BCUT2D eigenvalue weighted by Gasteiger charge is -2.21. The number of fused-ring (bicyclic) bond motifs is 1. The lowest BCUT2D eigenvalue weighted by Crippen LogP contribution is -2.36. The van der Waals surface area contributed by atoms with E-state index in [-0.39, 0.29) is 28.9 Å². The quantitative estimate of drug-likeness (QED) is 0.409. The fourth-order valence-corrected chi connectivity index (χ4v) is 3.52. The first-order valence-electron chi connectivity index (χ1n) is 10.7. The molecule has 1 aromatic heterocycles. The molecular weight excluding hydrogens is 421 g/mol. The molecule has 0 aliphatic carbocycles. The van der Waals surface area contributed by atoms with Crippen molar-refractivity contribution in [2.75, 3.05) is 6.54 Å². The molecule has 0 aliphatic heterocycles. The van der Waals surface area contributed by atoms with Gasteiger partial charge >= 0.3 is 0 Å². The molecule has 0 aliphatic rings. The minimum Gasteiger partial charge on any atom is -0.489 e. The monoisotopic (exact) mass is 445 g/mol. The molecule has 168 valence electrons. The number of carbonyl (C=O) groups excluding carboxylic acids is 1. The lowest BCUT2D eigenvalue weighted by atomic mass is 10.2. The van der Waals surface area contributed by atoms with Gasteiger partial charge in [0.15, 0.2) is 0 Å². The molecule has 1 amide bonds. The average molecular weight is 445 g/mol. The van der Waals surface area contributed by atoms with Crippen molar-refractivity contribution in [1.29, 1.82) is 0 Å². The van der Waals surface area contributed by atoms with Gasteiger partial charge < -0.3 is 9.64 Å². The lowest BCUT2D eigenvalue weighted by molar-refractivity contribution is -0.132. The Balaban J connectivity index is 1.40. The van der Waals surface area contributed by atoms with E-state index in [4.69, 9.17) is 4.74 Å². The first-order valence-corrected chi connectivity index (χ1v) is 10.7. The minimum atomic E-state index is -0.461. The molecule has 7 heteroatoms. The molecule has 0 unspecified atom stereocenters. The smallest absolute Gasteiger partial charge is 0.261 e. The number of nitrogens with zero attached hydrogens (tertiary/aromatic N) is 3. The Kier molecular flexibility index (Phi) is 6.78. The van der Waals surface area contributed by atoms with Crippen LogP contribution in [-0.4, -0.2) is 26.9 Å². The summed E-state index contributed by atoms with van der Waals surface area (Å²) in [5.41, 5.74) is 1.94. The van der Waals surface area contributed by atoms with Crippen LogP contribution in [0.3, 0.4) is 0 Å². The van der Waals surface area contributed by atoms with Gasteiger partial charge in [-0.05, 0) is 42.3 Å². The van der Waals surface area contributed by atoms with Gasteiger partial charge in [-0.2, -0.15) is 0 Å². The Morgan fingerprint density at radius 1 is 1.03 bits per heavy atom. The van der Waals surface area contributed by atoms with E-state index in [1.807, 2.05) is 61.5 Å². The average Bonchev–Trinajstić information content (AvgIpc) is 2.84. The van der Waals surface area contributed by atoms with Gasteiger partial charge in [0.05, 0.1) is 17.2 Å². The number of rotatable bonds is 8. The van der Waals surface area contributed by atoms with Crippen molar-refractivity contribution < 1.29 is 13.9 Å². The Morgan fingerprint density at radius 2 is 1.79 bits per heavy atom. The highest BCUT2D eigenvalue weighted by atomic mass is 19.1. The highest BCUT2D eigenvalue weighted by Crippen LogP contribution is 2.16. The third-order valence-corrected chi connectivity index (χ3v) is 5.37. The molecule has 6 nitrogen and oxygen atoms in total. The SMILES string of the molecule is CCN(Cc1ccc(OCc2ccccc2)cc1)C(=O)Cn1cnc2cc(F)ccc2c1=O. The van der Waals surface area contributed by atoms with E-state index in [0.29, 0.717) is 19.7 Å². The molecule has 0 bridgehead atoms. The highest BCUT2D eigenvalue weighted by Gasteiger charge is 2.15. The zero-order chi connectivity index (χ0) is 23.2. The molecule has 1 heterocycles. The standard InChI is InChI=1S/C26H24FN3O3/c1-2-29(15-19-8-11-22(12-9-19)33-17-20-6-4-3-5-7-20)25(31)16-30-18-28-24-14-21(27)10-13-23(24)26(30)32/h3-14,18H,2,15-17H2,1H3. The van der Waals surface area contributed by atoms with Gasteiger partial charge in [-0.3, -0.25) is 14.2 Å². The molecule has 4 rings (SSSR count). The van der Waals surface area contributed by atoms with Crippen LogP contribution >= 0.6 is 0 Å². The summed E-state index contributed by atoms with van der Waals surface area (Å²) in [6, 6.07) is 21.3. The topological polar surface area (TPSA) is 64.4 Å². The molecule has 4 aromatic rings. The number of likely N-dealkylation sites (N-methyl/N-ethyl adjacent to an activating group) is 1. The van der Waals surface area contributed by atoms with Crippen molar-refractivity contribution in [3.63, 3.8) is 0 Å². The summed E-state index contributed by atoms with van der Waals surface area (Å²) in [6.07, 6.45) is 1.29. The van der Waals surface area contributed by atoms with Crippen LogP contribution in [0.25, 0.3) is 10.9 Å². The number of hydrogen-bond acceptors (Lipinski definition) is 4. The Hall–Kier alpha value is -4.00. The predicted molar refractivity (Wildman–Crippen MR) is 124 cm³/mol. The van der Waals surface area contributed by atoms with Crippen LogP contribution in [0.4, 0.5) is 4.39 Å². The molecule has 0 saturated heterocycles. The van der Waals surface area contributed by atoms with Crippen LogP contribution in [0, 0.1) is 5.82 Å². The second kappa shape index (κ2) is 10.1. The van der Waals surface area contributed by atoms with E-state index < -0.39 is 5.82 Å². The van der Waals surface area contributed by atoms with Crippen molar-refractivity contribution in [2.24, 2.45) is 0 Å². The van der Waals surface area contributed by atoms with Crippen molar-refractivity contribution in [1.82, 2.24) is 14.5 Å². The number of carbonyl (C=O) groups is 1. The Bertz CT molecular complexity index is 1300. The number of ether oxygens (including phenoxy) is 1. The number of halogens is 1. The van der Waals surface area contributed by atoms with E-state index in [1.54, 1.807) is 4.90 Å². The second-order valence-electron chi connectivity index (χ2n) is 7.67. The summed E-state index contributed by atoms with van der Waals surface area (Å²) >= 11 is 0. The molecule has 0 atom stereocenters. The van der Waals surface area contributed by atoms with E-state index in [0.717, 1.165) is 16.9 Å². The summed E-state index contributed by atoms with van der Waals surface area (Å²) < 4.78 is 20.4. The minimum absolute atomic E-state index is 0.134. The number of aromatic nitrogens is 2. The van der Waals surface area contributed by atoms with Crippen LogP contribution in [0.15, 0.2) is 83.9 Å². The van der Waals surface area contributed by atoms with Gasteiger partial charge in [-0.1, -0.05) is 42.5 Å². The van der Waals surface area contributed by atoms with Crippen molar-refractivity contribution in [3.8, 4) is 5.75 Å². The van der Waals surface area contributed by atoms with Crippen LogP contribution in [-0.2, 0) is 24.5 Å². The van der Waals surface area contributed by atoms with Crippen molar-refractivity contribution in [2.45, 2.75) is 26.6 Å². The first kappa shape index (κ1) is 22.2. The van der Waals surface area contributed by atoms with Crippen molar-refractivity contribution >= 4 is 16.8 Å². The third-order valence-electron chi connectivity index (χ3n) is 5.37. The Labute approximate surface area is 190 Å². The maximum absolute atomic E-state index is 13.4. The van der Waals surface area contributed by atoms with Crippen LogP contribution in [0.1, 0.15) is 18.1 Å². The number of benzene rings is 3. The van der Waals surface area contributed by atoms with Crippen LogP contribution < -0.4 is 10.3 Å². The van der Waals surface area contributed by atoms with Gasteiger partial charge in [0.1, 0.15) is 24.7 Å². The molecule has 0 spiro atoms. The molecule has 0 radical (unpaired) electrons.